The molecule has 6 nitrogen and oxygen atoms in total. The molecule has 0 saturated carbocycles. The van der Waals surface area contributed by atoms with Crippen molar-refractivity contribution in [3.63, 3.8) is 0 Å². The highest BCUT2D eigenvalue weighted by Gasteiger charge is 2.31. The molecule has 0 saturated heterocycles. The lowest BCUT2D eigenvalue weighted by Gasteiger charge is -2.25. The summed E-state index contributed by atoms with van der Waals surface area (Å²) in [5.41, 5.74) is 1.86. The van der Waals surface area contributed by atoms with Crippen LogP contribution < -0.4 is 20.1 Å². The first-order valence-electron chi connectivity index (χ1n) is 7.64. The van der Waals surface area contributed by atoms with Crippen LogP contribution in [0.15, 0.2) is 36.4 Å². The molecule has 7 heteroatoms. The molecule has 0 fully saturated rings. The molecule has 130 valence electrons. The standard InChI is InChI=1S/C18H17ClN2O4/c1-24-15-9-14(16(25-2)8-12(15)19)21-18(23)11-7-17(22)20-13-6-4-3-5-10(11)13/h3-6,8-9,11H,7H2,1-2H3,(H,20,22)(H,21,23). The van der Waals surface area contributed by atoms with Crippen LogP contribution in [0, 0.1) is 0 Å². The number of amides is 2. The van der Waals surface area contributed by atoms with Gasteiger partial charge in [0.05, 0.1) is 30.8 Å². The number of ether oxygens (including phenoxy) is 2. The van der Waals surface area contributed by atoms with Gasteiger partial charge in [-0.1, -0.05) is 29.8 Å². The number of hydrogen-bond acceptors (Lipinski definition) is 4. The molecule has 1 aliphatic rings. The molecule has 3 rings (SSSR count). The lowest BCUT2D eigenvalue weighted by Crippen LogP contribution is -2.30. The number of nitrogens with one attached hydrogen (secondary N) is 2. The van der Waals surface area contributed by atoms with Crippen LogP contribution in [-0.4, -0.2) is 26.0 Å². The Morgan fingerprint density at radius 1 is 1.20 bits per heavy atom. The third-order valence-electron chi connectivity index (χ3n) is 4.05. The van der Waals surface area contributed by atoms with E-state index in [4.69, 9.17) is 21.1 Å². The van der Waals surface area contributed by atoms with Crippen LogP contribution in [0.5, 0.6) is 11.5 Å². The zero-order valence-corrected chi connectivity index (χ0v) is 14.5. The molecule has 0 aliphatic carbocycles. The molecule has 1 unspecified atom stereocenters. The molecule has 0 radical (unpaired) electrons. The Bertz CT molecular complexity index is 838. The molecular formula is C18H17ClN2O4. The van der Waals surface area contributed by atoms with Crippen molar-refractivity contribution in [3.8, 4) is 11.5 Å². The Morgan fingerprint density at radius 3 is 2.64 bits per heavy atom. The summed E-state index contributed by atoms with van der Waals surface area (Å²) in [6, 6.07) is 10.4. The summed E-state index contributed by atoms with van der Waals surface area (Å²) in [6.07, 6.45) is 0.0793. The molecule has 0 aromatic heterocycles. The Balaban J connectivity index is 1.92. The number of carbonyl (C=O) groups excluding carboxylic acids is 2. The van der Waals surface area contributed by atoms with Gasteiger partial charge in [-0.05, 0) is 11.6 Å². The van der Waals surface area contributed by atoms with Crippen LogP contribution in [-0.2, 0) is 9.59 Å². The van der Waals surface area contributed by atoms with Crippen LogP contribution in [0.3, 0.4) is 0 Å². The van der Waals surface area contributed by atoms with Gasteiger partial charge in [0.1, 0.15) is 11.5 Å². The van der Waals surface area contributed by atoms with E-state index in [9.17, 15) is 9.59 Å². The van der Waals surface area contributed by atoms with E-state index in [1.165, 1.54) is 14.2 Å². The van der Waals surface area contributed by atoms with E-state index in [1.807, 2.05) is 18.2 Å². The van der Waals surface area contributed by atoms with Gasteiger partial charge in [-0.3, -0.25) is 9.59 Å². The molecule has 1 heterocycles. The van der Waals surface area contributed by atoms with Gasteiger partial charge in [0.25, 0.3) is 0 Å². The fourth-order valence-corrected chi connectivity index (χ4v) is 3.05. The fourth-order valence-electron chi connectivity index (χ4n) is 2.82. The zero-order chi connectivity index (χ0) is 18.0. The highest BCUT2D eigenvalue weighted by molar-refractivity contribution is 6.32. The Labute approximate surface area is 150 Å². The number of halogens is 1. The summed E-state index contributed by atoms with van der Waals surface area (Å²) in [6.45, 7) is 0. The maximum atomic E-state index is 12.8. The maximum absolute atomic E-state index is 12.8. The average molecular weight is 361 g/mol. The summed E-state index contributed by atoms with van der Waals surface area (Å²) >= 11 is 6.08. The van der Waals surface area contributed by atoms with Crippen LogP contribution in [0.25, 0.3) is 0 Å². The van der Waals surface area contributed by atoms with E-state index in [0.717, 1.165) is 5.56 Å². The van der Waals surface area contributed by atoms with Gasteiger partial charge in [-0.15, -0.1) is 0 Å². The van der Waals surface area contributed by atoms with Crippen LogP contribution in [0.2, 0.25) is 5.02 Å². The van der Waals surface area contributed by atoms with E-state index in [0.29, 0.717) is 27.9 Å². The lowest BCUT2D eigenvalue weighted by atomic mass is 9.90. The Morgan fingerprint density at radius 2 is 1.92 bits per heavy atom. The topological polar surface area (TPSA) is 76.7 Å². The summed E-state index contributed by atoms with van der Waals surface area (Å²) in [5.74, 6) is -0.256. The van der Waals surface area contributed by atoms with Gasteiger partial charge in [-0.25, -0.2) is 0 Å². The van der Waals surface area contributed by atoms with Crippen molar-refractivity contribution in [1.29, 1.82) is 0 Å². The second kappa shape index (κ2) is 7.03. The number of fused-ring (bicyclic) bond motifs is 1. The largest absolute Gasteiger partial charge is 0.495 e. The van der Waals surface area contributed by atoms with Gasteiger partial charge < -0.3 is 20.1 Å². The van der Waals surface area contributed by atoms with E-state index >= 15 is 0 Å². The summed E-state index contributed by atoms with van der Waals surface area (Å²) in [7, 11) is 2.97. The van der Waals surface area contributed by atoms with E-state index in [2.05, 4.69) is 10.6 Å². The first-order valence-corrected chi connectivity index (χ1v) is 8.02. The van der Waals surface area contributed by atoms with Gasteiger partial charge in [0.2, 0.25) is 11.8 Å². The van der Waals surface area contributed by atoms with Gasteiger partial charge >= 0.3 is 0 Å². The van der Waals surface area contributed by atoms with Crippen molar-refractivity contribution in [1.82, 2.24) is 0 Å². The van der Waals surface area contributed by atoms with Gasteiger partial charge in [0.15, 0.2) is 0 Å². The monoisotopic (exact) mass is 360 g/mol. The Hall–Kier alpha value is -2.73. The number of anilines is 2. The normalized spacial score (nSPS) is 15.8. The fraction of sp³-hybridized carbons (Fsp3) is 0.222. The number of methoxy groups -OCH3 is 2. The molecular weight excluding hydrogens is 344 g/mol. The number of benzene rings is 2. The third kappa shape index (κ3) is 3.39. The van der Waals surface area contributed by atoms with E-state index < -0.39 is 5.92 Å². The summed E-state index contributed by atoms with van der Waals surface area (Å²) in [4.78, 5) is 24.7. The smallest absolute Gasteiger partial charge is 0.232 e. The van der Waals surface area contributed by atoms with Crippen molar-refractivity contribution in [2.24, 2.45) is 0 Å². The van der Waals surface area contributed by atoms with Crippen LogP contribution >= 0.6 is 11.6 Å². The first-order chi connectivity index (χ1) is 12.0. The first kappa shape index (κ1) is 17.1. The minimum absolute atomic E-state index is 0.0793. The number of hydrogen-bond donors (Lipinski definition) is 2. The minimum atomic E-state index is -0.587. The molecule has 2 amide bonds. The predicted octanol–water partition coefficient (Wildman–Crippen LogP) is 3.42. The van der Waals surface area contributed by atoms with Crippen molar-refractivity contribution in [2.75, 3.05) is 24.9 Å². The van der Waals surface area contributed by atoms with Crippen molar-refractivity contribution < 1.29 is 19.1 Å². The molecule has 25 heavy (non-hydrogen) atoms. The SMILES string of the molecule is COc1cc(NC(=O)C2CC(=O)Nc3ccccc32)c(OC)cc1Cl. The van der Waals surface area contributed by atoms with Gasteiger partial charge in [-0.2, -0.15) is 0 Å². The molecule has 2 N–H and O–H groups in total. The second-order valence-electron chi connectivity index (χ2n) is 5.57. The predicted molar refractivity (Wildman–Crippen MR) is 95.6 cm³/mol. The maximum Gasteiger partial charge on any atom is 0.232 e. The molecule has 0 spiro atoms. The summed E-state index contributed by atoms with van der Waals surface area (Å²) < 4.78 is 10.5. The highest BCUT2D eigenvalue weighted by atomic mass is 35.5. The van der Waals surface area contributed by atoms with Gasteiger partial charge in [0, 0.05) is 24.2 Å². The van der Waals surface area contributed by atoms with E-state index in [1.54, 1.807) is 18.2 Å². The Kier molecular flexibility index (Phi) is 4.81. The summed E-state index contributed by atoms with van der Waals surface area (Å²) in [5, 5.41) is 5.96. The molecule has 1 atom stereocenters. The number of para-hydroxylation sites is 1. The highest BCUT2D eigenvalue weighted by Crippen LogP contribution is 2.38. The van der Waals surface area contributed by atoms with Crippen LogP contribution in [0.1, 0.15) is 17.9 Å². The minimum Gasteiger partial charge on any atom is -0.495 e. The van der Waals surface area contributed by atoms with Crippen molar-refractivity contribution in [2.45, 2.75) is 12.3 Å². The molecule has 0 bridgehead atoms. The quantitative estimate of drug-likeness (QED) is 0.875. The van der Waals surface area contributed by atoms with E-state index in [-0.39, 0.29) is 18.2 Å². The van der Waals surface area contributed by atoms with Crippen molar-refractivity contribution >= 4 is 34.8 Å². The number of carbonyl (C=O) groups is 2. The molecule has 2 aromatic rings. The molecule has 2 aromatic carbocycles. The zero-order valence-electron chi connectivity index (χ0n) is 13.8. The average Bonchev–Trinajstić information content (AvgIpc) is 2.61. The lowest BCUT2D eigenvalue weighted by molar-refractivity contribution is -0.123. The number of rotatable bonds is 4. The third-order valence-corrected chi connectivity index (χ3v) is 4.34. The van der Waals surface area contributed by atoms with Crippen molar-refractivity contribution in [3.05, 3.63) is 47.0 Å². The molecule has 1 aliphatic heterocycles. The second-order valence-corrected chi connectivity index (χ2v) is 5.98. The van der Waals surface area contributed by atoms with Crippen LogP contribution in [0.4, 0.5) is 11.4 Å².